The van der Waals surface area contributed by atoms with Crippen LogP contribution in [0.3, 0.4) is 0 Å². The molecule has 1 saturated carbocycles. The molecule has 0 amide bonds. The first-order valence-corrected chi connectivity index (χ1v) is 12.7. The first-order valence-electron chi connectivity index (χ1n) is 11.3. The highest BCUT2D eigenvalue weighted by atomic mass is 32.3. The van der Waals surface area contributed by atoms with Gasteiger partial charge in [0, 0.05) is 12.1 Å². The van der Waals surface area contributed by atoms with Crippen LogP contribution >= 0.6 is 0 Å². The Morgan fingerprint density at radius 1 is 1.08 bits per heavy atom. The summed E-state index contributed by atoms with van der Waals surface area (Å²) >= 11 is 0. The highest BCUT2D eigenvalue weighted by molar-refractivity contribution is 7.79. The molecule has 0 unspecified atom stereocenters. The number of nitrogens with one attached hydrogen (secondary N) is 1. The fourth-order valence-electron chi connectivity index (χ4n) is 4.44. The van der Waals surface area contributed by atoms with E-state index < -0.39 is 77.2 Å². The van der Waals surface area contributed by atoms with Gasteiger partial charge in [-0.3, -0.25) is 9.11 Å². The van der Waals surface area contributed by atoms with E-state index >= 15 is 0 Å². The minimum atomic E-state index is -4.67. The predicted molar refractivity (Wildman–Crippen MR) is 124 cm³/mol. The van der Waals surface area contributed by atoms with Crippen LogP contribution in [0.4, 0.5) is 0 Å². The maximum atomic E-state index is 11.0. The molecule has 1 aliphatic carbocycles. The lowest BCUT2D eigenvalue weighted by molar-refractivity contribution is -0.303. The number of hydrogen-bond donors (Lipinski definition) is 10. The van der Waals surface area contributed by atoms with E-state index in [1.807, 2.05) is 0 Å². The molecule has 36 heavy (non-hydrogen) atoms. The van der Waals surface area contributed by atoms with Gasteiger partial charge in [0.15, 0.2) is 6.29 Å². The van der Waals surface area contributed by atoms with Gasteiger partial charge in [-0.15, -0.1) is 0 Å². The molecule has 212 valence electrons. The molecule has 0 aromatic heterocycles. The number of hydrogen-bond acceptors (Lipinski definition) is 14. The number of rotatable bonds is 6. The van der Waals surface area contributed by atoms with Gasteiger partial charge in [0.2, 0.25) is 6.29 Å². The zero-order chi connectivity index (χ0) is 27.4. The third kappa shape index (κ3) is 8.23. The Morgan fingerprint density at radius 3 is 2.11 bits per heavy atom. The summed E-state index contributed by atoms with van der Waals surface area (Å²) in [7, 11) is -3.05. The van der Waals surface area contributed by atoms with Crippen molar-refractivity contribution in [3.05, 3.63) is 11.8 Å². The van der Waals surface area contributed by atoms with Gasteiger partial charge in [-0.25, -0.2) is 0 Å². The third-order valence-electron chi connectivity index (χ3n) is 6.22. The minimum Gasteiger partial charge on any atom is -0.467 e. The number of likely N-dealkylation sites (N-methyl/N-ethyl adjacent to an activating group) is 1. The van der Waals surface area contributed by atoms with Crippen molar-refractivity contribution in [2.75, 3.05) is 20.2 Å². The SMILES string of the molecule is CN[C@@H]1[C@@H](O)[C@@H](O[C@@H]2[C@H](O)[C@H](O[C@H]3OC(CN)=CC[C@H]3N)[C@@H](N)C[C@H]2N)OC[C@]1(C)O.O=S(=O)(O)O. The Hall–Kier alpha value is -1.03. The van der Waals surface area contributed by atoms with E-state index in [0.29, 0.717) is 18.6 Å². The van der Waals surface area contributed by atoms with Crippen molar-refractivity contribution in [3.8, 4) is 0 Å². The highest BCUT2D eigenvalue weighted by Crippen LogP contribution is 2.31. The van der Waals surface area contributed by atoms with Crippen molar-refractivity contribution in [1.82, 2.24) is 5.32 Å². The molecule has 11 atom stereocenters. The van der Waals surface area contributed by atoms with Crippen molar-refractivity contribution < 1.29 is 51.8 Å². The second-order valence-corrected chi connectivity index (χ2v) is 10.2. The maximum Gasteiger partial charge on any atom is 0.394 e. The molecular weight excluding hydrogens is 506 g/mol. The zero-order valence-electron chi connectivity index (χ0n) is 20.1. The second-order valence-electron chi connectivity index (χ2n) is 9.26. The van der Waals surface area contributed by atoms with E-state index in [4.69, 9.17) is 59.4 Å². The van der Waals surface area contributed by atoms with Crippen molar-refractivity contribution in [2.45, 2.75) is 86.5 Å². The lowest BCUT2D eigenvalue weighted by atomic mass is 9.84. The number of aliphatic hydroxyl groups is 3. The van der Waals surface area contributed by atoms with Gasteiger partial charge in [-0.05, 0) is 32.9 Å². The highest BCUT2D eigenvalue weighted by Gasteiger charge is 2.50. The van der Waals surface area contributed by atoms with E-state index in [2.05, 4.69) is 5.32 Å². The minimum absolute atomic E-state index is 0.0727. The Kier molecular flexibility index (Phi) is 11.0. The molecule has 1 saturated heterocycles. The van der Waals surface area contributed by atoms with Gasteiger partial charge < -0.3 is 62.5 Å². The van der Waals surface area contributed by atoms with Crippen LogP contribution in [-0.4, -0.2) is 120 Å². The van der Waals surface area contributed by atoms with E-state index in [1.54, 1.807) is 20.0 Å². The summed E-state index contributed by atoms with van der Waals surface area (Å²) < 4.78 is 54.6. The van der Waals surface area contributed by atoms with Crippen molar-refractivity contribution in [2.24, 2.45) is 22.9 Å². The summed E-state index contributed by atoms with van der Waals surface area (Å²) in [5, 5.41) is 34.9. The van der Waals surface area contributed by atoms with Gasteiger partial charge in [0.05, 0.1) is 25.2 Å². The van der Waals surface area contributed by atoms with Gasteiger partial charge in [-0.2, -0.15) is 8.42 Å². The van der Waals surface area contributed by atoms with E-state index in [9.17, 15) is 15.3 Å². The Bertz CT molecular complexity index is 840. The molecular formula is C19H39N5O11S. The maximum absolute atomic E-state index is 11.0. The summed E-state index contributed by atoms with van der Waals surface area (Å²) in [5.41, 5.74) is 22.9. The van der Waals surface area contributed by atoms with E-state index in [1.165, 1.54) is 0 Å². The number of ether oxygens (including phenoxy) is 4. The van der Waals surface area contributed by atoms with Crippen molar-refractivity contribution in [1.29, 1.82) is 0 Å². The molecule has 17 heteroatoms. The van der Waals surface area contributed by atoms with E-state index in [-0.39, 0.29) is 13.2 Å². The van der Waals surface area contributed by atoms with Crippen LogP contribution in [0.15, 0.2) is 11.8 Å². The molecule has 0 radical (unpaired) electrons. The van der Waals surface area contributed by atoms with E-state index in [0.717, 1.165) is 0 Å². The number of aliphatic hydroxyl groups excluding tert-OH is 2. The second kappa shape index (κ2) is 12.7. The zero-order valence-corrected chi connectivity index (χ0v) is 20.9. The standard InChI is InChI=1S/C19H37N5O7.H2O4S/c1-19(27)7-28-18(13(26)16(19)24-2)31-15-11(23)5-10(22)14(12(15)25)30-17-9(21)4-3-8(6-20)29-17;1-5(2,3)4/h3,9-18,24-27H,4-7,20-23H2,1-2H3;(H2,1,2,3,4)/t9-,10+,11-,12-,13-,14-,15+,16-,17-,18-,19+;/m1./s1. The molecule has 2 heterocycles. The molecule has 16 nitrogen and oxygen atoms in total. The summed E-state index contributed by atoms with van der Waals surface area (Å²) in [6.07, 6.45) is -3.56. The quantitative estimate of drug-likeness (QED) is 0.141. The number of nitrogens with two attached hydrogens (primary N) is 4. The Morgan fingerprint density at radius 2 is 1.61 bits per heavy atom. The lowest BCUT2D eigenvalue weighted by Gasteiger charge is -2.48. The fraction of sp³-hybridized carbons (Fsp3) is 0.895. The molecule has 3 aliphatic rings. The lowest BCUT2D eigenvalue weighted by Crippen LogP contribution is -2.68. The van der Waals surface area contributed by atoms with Gasteiger partial charge in [0.25, 0.3) is 0 Å². The normalized spacial score (nSPS) is 43.6. The molecule has 14 N–H and O–H groups in total. The van der Waals surface area contributed by atoms with Crippen LogP contribution in [0.1, 0.15) is 19.8 Å². The molecule has 3 rings (SSSR count). The predicted octanol–water partition coefficient (Wildman–Crippen LogP) is -4.50. The molecule has 0 aromatic carbocycles. The summed E-state index contributed by atoms with van der Waals surface area (Å²) in [6.45, 7) is 1.68. The summed E-state index contributed by atoms with van der Waals surface area (Å²) in [6, 6.07) is -2.37. The van der Waals surface area contributed by atoms with Crippen molar-refractivity contribution in [3.63, 3.8) is 0 Å². The monoisotopic (exact) mass is 545 g/mol. The average molecular weight is 546 g/mol. The van der Waals surface area contributed by atoms with Crippen LogP contribution in [0, 0.1) is 0 Å². The Balaban J connectivity index is 0.000000830. The first-order chi connectivity index (χ1) is 16.6. The van der Waals surface area contributed by atoms with Crippen LogP contribution in [0.2, 0.25) is 0 Å². The van der Waals surface area contributed by atoms with Gasteiger partial charge in [0.1, 0.15) is 35.8 Å². The fourth-order valence-corrected chi connectivity index (χ4v) is 4.44. The first kappa shape index (κ1) is 31.2. The molecule has 2 fully saturated rings. The largest absolute Gasteiger partial charge is 0.467 e. The summed E-state index contributed by atoms with van der Waals surface area (Å²) in [5.74, 6) is 0.555. The van der Waals surface area contributed by atoms with Crippen LogP contribution in [0.25, 0.3) is 0 Å². The smallest absolute Gasteiger partial charge is 0.394 e. The third-order valence-corrected chi connectivity index (χ3v) is 6.22. The van der Waals surface area contributed by atoms with Crippen molar-refractivity contribution >= 4 is 10.4 Å². The topological polar surface area (TPSA) is 288 Å². The van der Waals surface area contributed by atoms with Crippen LogP contribution in [0.5, 0.6) is 0 Å². The molecule has 0 bridgehead atoms. The Labute approximate surface area is 209 Å². The summed E-state index contributed by atoms with van der Waals surface area (Å²) in [4.78, 5) is 0. The molecule has 0 spiro atoms. The molecule has 0 aromatic rings. The average Bonchev–Trinajstić information content (AvgIpc) is 2.75. The van der Waals surface area contributed by atoms with Gasteiger partial charge in [-0.1, -0.05) is 0 Å². The van der Waals surface area contributed by atoms with Gasteiger partial charge >= 0.3 is 10.4 Å². The molecule has 2 aliphatic heterocycles. The van der Waals surface area contributed by atoms with Crippen LogP contribution < -0.4 is 28.3 Å². The van der Waals surface area contributed by atoms with Crippen LogP contribution in [-0.2, 0) is 29.3 Å².